The molecule has 0 saturated heterocycles. The third-order valence-corrected chi connectivity index (χ3v) is 3.82. The number of ether oxygens (including phenoxy) is 1. The van der Waals surface area contributed by atoms with Crippen LogP contribution in [0.15, 0.2) is 48.8 Å². The number of rotatable bonds is 3. The third-order valence-electron chi connectivity index (χ3n) is 3.02. The SMILES string of the molecule is CC(C)Oc1ccc(-c2ccc3ncc(I)n3c2)cc1. The number of benzene rings is 1. The summed E-state index contributed by atoms with van der Waals surface area (Å²) in [5.74, 6) is 0.905. The van der Waals surface area contributed by atoms with Gasteiger partial charge in [-0.1, -0.05) is 12.1 Å². The zero-order chi connectivity index (χ0) is 14.1. The van der Waals surface area contributed by atoms with E-state index in [1.165, 1.54) is 11.1 Å². The average Bonchev–Trinajstić information content (AvgIpc) is 2.80. The summed E-state index contributed by atoms with van der Waals surface area (Å²) in [5, 5.41) is 0. The fourth-order valence-corrected chi connectivity index (χ4v) is 2.65. The lowest BCUT2D eigenvalue weighted by Crippen LogP contribution is -2.05. The van der Waals surface area contributed by atoms with Gasteiger partial charge in [0, 0.05) is 6.20 Å². The molecule has 0 amide bonds. The summed E-state index contributed by atoms with van der Waals surface area (Å²) in [6.45, 7) is 4.06. The minimum Gasteiger partial charge on any atom is -0.491 e. The zero-order valence-corrected chi connectivity index (χ0v) is 13.5. The molecule has 3 aromatic rings. The monoisotopic (exact) mass is 378 g/mol. The van der Waals surface area contributed by atoms with Gasteiger partial charge in [-0.05, 0) is 71.8 Å². The number of hydrogen-bond donors (Lipinski definition) is 0. The molecular formula is C16H15IN2O. The second kappa shape index (κ2) is 5.44. The van der Waals surface area contributed by atoms with Crippen molar-refractivity contribution in [3.8, 4) is 16.9 Å². The van der Waals surface area contributed by atoms with Gasteiger partial charge in [-0.2, -0.15) is 0 Å². The Hall–Kier alpha value is -1.56. The van der Waals surface area contributed by atoms with E-state index in [2.05, 4.69) is 56.4 Å². The van der Waals surface area contributed by atoms with Crippen molar-refractivity contribution in [1.29, 1.82) is 0 Å². The number of aromatic nitrogens is 2. The predicted octanol–water partition coefficient (Wildman–Crippen LogP) is 4.39. The van der Waals surface area contributed by atoms with Crippen molar-refractivity contribution in [2.75, 3.05) is 0 Å². The molecule has 0 spiro atoms. The summed E-state index contributed by atoms with van der Waals surface area (Å²) in [6.07, 6.45) is 4.19. The van der Waals surface area contributed by atoms with Gasteiger partial charge in [0.05, 0.1) is 12.3 Å². The van der Waals surface area contributed by atoms with E-state index in [1.54, 1.807) is 0 Å². The Morgan fingerprint density at radius 3 is 2.45 bits per heavy atom. The highest BCUT2D eigenvalue weighted by molar-refractivity contribution is 14.1. The molecule has 0 N–H and O–H groups in total. The molecule has 0 radical (unpaired) electrons. The average molecular weight is 378 g/mol. The lowest BCUT2D eigenvalue weighted by molar-refractivity contribution is 0.242. The summed E-state index contributed by atoms with van der Waals surface area (Å²) < 4.78 is 8.87. The van der Waals surface area contributed by atoms with Crippen LogP contribution in [0.1, 0.15) is 13.8 Å². The van der Waals surface area contributed by atoms with Crippen LogP contribution < -0.4 is 4.74 Å². The van der Waals surface area contributed by atoms with Gasteiger partial charge < -0.3 is 4.74 Å². The van der Waals surface area contributed by atoms with E-state index in [1.807, 2.05) is 38.2 Å². The molecule has 4 heteroatoms. The molecule has 2 aromatic heterocycles. The van der Waals surface area contributed by atoms with Crippen LogP contribution >= 0.6 is 22.6 Å². The predicted molar refractivity (Wildman–Crippen MR) is 89.1 cm³/mol. The molecule has 0 bridgehead atoms. The summed E-state index contributed by atoms with van der Waals surface area (Å²) in [5.41, 5.74) is 3.31. The molecule has 20 heavy (non-hydrogen) atoms. The Morgan fingerprint density at radius 2 is 1.75 bits per heavy atom. The lowest BCUT2D eigenvalue weighted by Gasteiger charge is -2.10. The second-order valence-corrected chi connectivity index (χ2v) is 6.02. The highest BCUT2D eigenvalue weighted by Gasteiger charge is 2.04. The second-order valence-electron chi connectivity index (χ2n) is 4.92. The van der Waals surface area contributed by atoms with Gasteiger partial charge in [0.25, 0.3) is 0 Å². The Labute approximate surface area is 131 Å². The van der Waals surface area contributed by atoms with Crippen LogP contribution in [0.4, 0.5) is 0 Å². The summed E-state index contributed by atoms with van der Waals surface area (Å²) in [4.78, 5) is 4.34. The van der Waals surface area contributed by atoms with Crippen LogP contribution in [-0.4, -0.2) is 15.5 Å². The maximum Gasteiger partial charge on any atom is 0.137 e. The third kappa shape index (κ3) is 2.65. The molecule has 0 unspecified atom stereocenters. The first-order chi connectivity index (χ1) is 9.63. The van der Waals surface area contributed by atoms with Crippen LogP contribution in [-0.2, 0) is 0 Å². The smallest absolute Gasteiger partial charge is 0.137 e. The molecule has 0 aliphatic rings. The lowest BCUT2D eigenvalue weighted by atomic mass is 10.1. The standard InChI is InChI=1S/C16H15IN2O/c1-11(2)20-14-6-3-12(4-7-14)13-5-8-16-18-9-15(17)19(16)10-13/h3-11H,1-2H3. The van der Waals surface area contributed by atoms with Gasteiger partial charge in [-0.15, -0.1) is 0 Å². The van der Waals surface area contributed by atoms with Crippen LogP contribution in [0.2, 0.25) is 0 Å². The highest BCUT2D eigenvalue weighted by atomic mass is 127. The largest absolute Gasteiger partial charge is 0.491 e. The Kier molecular flexibility index (Phi) is 3.65. The molecule has 0 atom stereocenters. The normalized spacial score (nSPS) is 11.2. The number of imidazole rings is 1. The topological polar surface area (TPSA) is 26.5 Å². The van der Waals surface area contributed by atoms with E-state index in [9.17, 15) is 0 Å². The summed E-state index contributed by atoms with van der Waals surface area (Å²) >= 11 is 2.29. The van der Waals surface area contributed by atoms with Crippen molar-refractivity contribution >= 4 is 28.2 Å². The Bertz CT molecular complexity index is 732. The van der Waals surface area contributed by atoms with Gasteiger partial charge in [-0.3, -0.25) is 4.40 Å². The number of pyridine rings is 1. The van der Waals surface area contributed by atoms with E-state index in [0.717, 1.165) is 15.1 Å². The first kappa shape index (κ1) is 13.4. The van der Waals surface area contributed by atoms with E-state index in [4.69, 9.17) is 4.74 Å². The van der Waals surface area contributed by atoms with Crippen molar-refractivity contribution in [2.45, 2.75) is 20.0 Å². The first-order valence-corrected chi connectivity index (χ1v) is 7.61. The van der Waals surface area contributed by atoms with Gasteiger partial charge in [-0.25, -0.2) is 4.98 Å². The van der Waals surface area contributed by atoms with Crippen LogP contribution in [0.5, 0.6) is 5.75 Å². The van der Waals surface area contributed by atoms with Crippen molar-refractivity contribution in [3.63, 3.8) is 0 Å². The molecule has 102 valence electrons. The number of nitrogens with zero attached hydrogens (tertiary/aromatic N) is 2. The van der Waals surface area contributed by atoms with E-state index in [-0.39, 0.29) is 6.10 Å². The molecule has 2 heterocycles. The fourth-order valence-electron chi connectivity index (χ4n) is 2.12. The Morgan fingerprint density at radius 1 is 1.05 bits per heavy atom. The van der Waals surface area contributed by atoms with Crippen molar-refractivity contribution < 1.29 is 4.74 Å². The van der Waals surface area contributed by atoms with Gasteiger partial charge in [0.1, 0.15) is 15.1 Å². The zero-order valence-electron chi connectivity index (χ0n) is 11.4. The minimum absolute atomic E-state index is 0.199. The van der Waals surface area contributed by atoms with E-state index in [0.29, 0.717) is 0 Å². The summed E-state index contributed by atoms with van der Waals surface area (Å²) in [7, 11) is 0. The maximum absolute atomic E-state index is 5.67. The molecule has 0 aliphatic heterocycles. The van der Waals surface area contributed by atoms with Crippen LogP contribution in [0.3, 0.4) is 0 Å². The molecule has 1 aromatic carbocycles. The molecule has 0 fully saturated rings. The molecule has 3 nitrogen and oxygen atoms in total. The number of fused-ring (bicyclic) bond motifs is 1. The van der Waals surface area contributed by atoms with Gasteiger partial charge in [0.15, 0.2) is 0 Å². The molecule has 3 rings (SSSR count). The first-order valence-electron chi connectivity index (χ1n) is 6.53. The van der Waals surface area contributed by atoms with Crippen LogP contribution in [0, 0.1) is 3.70 Å². The van der Waals surface area contributed by atoms with Gasteiger partial charge in [0.2, 0.25) is 0 Å². The number of hydrogen-bond acceptors (Lipinski definition) is 2. The quantitative estimate of drug-likeness (QED) is 0.632. The number of halogens is 1. The van der Waals surface area contributed by atoms with Gasteiger partial charge >= 0.3 is 0 Å². The summed E-state index contributed by atoms with van der Waals surface area (Å²) in [6, 6.07) is 12.3. The molecular weight excluding hydrogens is 363 g/mol. The molecule has 0 saturated carbocycles. The Balaban J connectivity index is 1.95. The minimum atomic E-state index is 0.199. The molecule has 0 aliphatic carbocycles. The van der Waals surface area contributed by atoms with Crippen molar-refractivity contribution in [3.05, 3.63) is 52.5 Å². The highest BCUT2D eigenvalue weighted by Crippen LogP contribution is 2.24. The van der Waals surface area contributed by atoms with Crippen molar-refractivity contribution in [2.24, 2.45) is 0 Å². The van der Waals surface area contributed by atoms with Crippen LogP contribution in [0.25, 0.3) is 16.8 Å². The van der Waals surface area contributed by atoms with Crippen molar-refractivity contribution in [1.82, 2.24) is 9.38 Å². The van der Waals surface area contributed by atoms with E-state index >= 15 is 0 Å². The fraction of sp³-hybridized carbons (Fsp3) is 0.188. The van der Waals surface area contributed by atoms with E-state index < -0.39 is 0 Å². The maximum atomic E-state index is 5.67.